The molecule has 13 nitrogen and oxygen atoms in total. The summed E-state index contributed by atoms with van der Waals surface area (Å²) in [5.41, 5.74) is 6.64. The summed E-state index contributed by atoms with van der Waals surface area (Å²) in [5, 5.41) is 19.2. The Labute approximate surface area is 230 Å². The van der Waals surface area contributed by atoms with Gasteiger partial charge in [0.1, 0.15) is 30.1 Å². The molecular formula is C26H30FN11O2. The highest BCUT2D eigenvalue weighted by atomic mass is 19.1. The van der Waals surface area contributed by atoms with Gasteiger partial charge in [-0.1, -0.05) is 0 Å². The summed E-state index contributed by atoms with van der Waals surface area (Å²) < 4.78 is 20.9. The lowest BCUT2D eigenvalue weighted by Crippen LogP contribution is -2.49. The number of rotatable bonds is 7. The molecule has 1 aromatic carbocycles. The zero-order chi connectivity index (χ0) is 28.9. The van der Waals surface area contributed by atoms with E-state index in [1.807, 2.05) is 20.8 Å². The SMILES string of the molecule is Cc1nc(C(=O)N2CC[C@H](Oc3ccc(-c4ncnc(NC(C=NC(C)(C)C)=CN)n4)cc3C#N)[C@H](F)C2)n[nH]1. The Morgan fingerprint density at radius 3 is 2.80 bits per heavy atom. The average molecular weight is 548 g/mol. The molecule has 0 spiro atoms. The molecule has 4 N–H and O–H groups in total. The Kier molecular flexibility index (Phi) is 8.32. The molecule has 40 heavy (non-hydrogen) atoms. The van der Waals surface area contributed by atoms with Crippen molar-refractivity contribution in [1.82, 2.24) is 35.0 Å². The molecule has 1 aliphatic heterocycles. The number of hydrogen-bond acceptors (Lipinski definition) is 11. The van der Waals surface area contributed by atoms with Crippen LogP contribution in [-0.4, -0.2) is 78.1 Å². The van der Waals surface area contributed by atoms with E-state index in [1.165, 1.54) is 17.4 Å². The van der Waals surface area contributed by atoms with Gasteiger partial charge in [0.05, 0.1) is 23.3 Å². The average Bonchev–Trinajstić information content (AvgIpc) is 3.37. The van der Waals surface area contributed by atoms with Crippen molar-refractivity contribution in [3.63, 3.8) is 0 Å². The first-order valence-corrected chi connectivity index (χ1v) is 12.5. The van der Waals surface area contributed by atoms with Gasteiger partial charge in [0.15, 0.2) is 12.0 Å². The van der Waals surface area contributed by atoms with Crippen molar-refractivity contribution in [3.8, 4) is 23.2 Å². The van der Waals surface area contributed by atoms with Gasteiger partial charge in [-0.15, -0.1) is 5.10 Å². The van der Waals surface area contributed by atoms with Crippen molar-refractivity contribution in [2.24, 2.45) is 10.7 Å². The maximum Gasteiger partial charge on any atom is 0.293 e. The number of H-pyrrole nitrogens is 1. The molecule has 1 aliphatic rings. The summed E-state index contributed by atoms with van der Waals surface area (Å²) in [6.45, 7) is 7.64. The monoisotopic (exact) mass is 547 g/mol. The number of halogens is 1. The number of aromatic amines is 1. The van der Waals surface area contributed by atoms with Crippen LogP contribution >= 0.6 is 0 Å². The molecule has 0 unspecified atom stereocenters. The number of allylic oxidation sites excluding steroid dienone is 1. The smallest absolute Gasteiger partial charge is 0.293 e. The number of aromatic nitrogens is 6. The van der Waals surface area contributed by atoms with E-state index < -0.39 is 18.2 Å². The van der Waals surface area contributed by atoms with Crippen LogP contribution < -0.4 is 15.8 Å². The Morgan fingerprint density at radius 1 is 1.35 bits per heavy atom. The van der Waals surface area contributed by atoms with E-state index in [1.54, 1.807) is 31.3 Å². The molecule has 2 atom stereocenters. The molecule has 208 valence electrons. The summed E-state index contributed by atoms with van der Waals surface area (Å²) in [7, 11) is 0. The summed E-state index contributed by atoms with van der Waals surface area (Å²) in [6, 6.07) is 6.90. The van der Waals surface area contributed by atoms with Gasteiger partial charge in [-0.2, -0.15) is 10.2 Å². The van der Waals surface area contributed by atoms with E-state index in [2.05, 4.69) is 46.5 Å². The van der Waals surface area contributed by atoms with Gasteiger partial charge in [-0.05, 0) is 45.9 Å². The van der Waals surface area contributed by atoms with Gasteiger partial charge in [0.2, 0.25) is 11.8 Å². The zero-order valence-electron chi connectivity index (χ0n) is 22.6. The Hall–Kier alpha value is -4.93. The molecule has 0 saturated carbocycles. The molecule has 2 aromatic heterocycles. The van der Waals surface area contributed by atoms with Crippen molar-refractivity contribution in [2.45, 2.75) is 51.9 Å². The summed E-state index contributed by atoms with van der Waals surface area (Å²) in [5.74, 6) is 0.816. The van der Waals surface area contributed by atoms with Crippen molar-refractivity contribution < 1.29 is 13.9 Å². The summed E-state index contributed by atoms with van der Waals surface area (Å²) in [4.78, 5) is 35.1. The van der Waals surface area contributed by atoms with Crippen LogP contribution in [0.3, 0.4) is 0 Å². The molecule has 0 radical (unpaired) electrons. The number of piperidine rings is 1. The second-order valence-corrected chi connectivity index (χ2v) is 10.1. The number of nitrogens with one attached hydrogen (secondary N) is 2. The number of nitrogens with zero attached hydrogens (tertiary/aromatic N) is 8. The zero-order valence-corrected chi connectivity index (χ0v) is 22.6. The van der Waals surface area contributed by atoms with E-state index in [-0.39, 0.29) is 48.1 Å². The van der Waals surface area contributed by atoms with E-state index in [0.29, 0.717) is 22.9 Å². The fourth-order valence-corrected chi connectivity index (χ4v) is 3.81. The first kappa shape index (κ1) is 28.1. The number of carbonyl (C=O) groups is 1. The number of nitrogens with two attached hydrogens (primary N) is 1. The molecule has 0 bridgehead atoms. The van der Waals surface area contributed by atoms with Crippen molar-refractivity contribution in [3.05, 3.63) is 53.6 Å². The van der Waals surface area contributed by atoms with E-state index >= 15 is 4.39 Å². The third kappa shape index (κ3) is 6.93. The van der Waals surface area contributed by atoms with E-state index in [4.69, 9.17) is 10.5 Å². The van der Waals surface area contributed by atoms with Crippen LogP contribution in [0.25, 0.3) is 11.4 Å². The second kappa shape index (κ2) is 11.9. The highest BCUT2D eigenvalue weighted by Crippen LogP contribution is 2.28. The molecule has 1 saturated heterocycles. The predicted molar refractivity (Wildman–Crippen MR) is 145 cm³/mol. The number of carbonyl (C=O) groups excluding carboxylic acids is 1. The minimum Gasteiger partial charge on any atom is -0.486 e. The number of alkyl halides is 1. The number of aliphatic imine (C=N–C) groups is 1. The molecular weight excluding hydrogens is 517 g/mol. The normalized spacial score (nSPS) is 18.0. The van der Waals surface area contributed by atoms with Crippen molar-refractivity contribution in [1.29, 1.82) is 5.26 Å². The van der Waals surface area contributed by atoms with Gasteiger partial charge in [-0.3, -0.25) is 14.9 Å². The van der Waals surface area contributed by atoms with Crippen LogP contribution in [0.15, 0.2) is 41.4 Å². The van der Waals surface area contributed by atoms with Crippen LogP contribution in [0.2, 0.25) is 0 Å². The van der Waals surface area contributed by atoms with Crippen LogP contribution in [0.1, 0.15) is 49.2 Å². The summed E-state index contributed by atoms with van der Waals surface area (Å²) >= 11 is 0. The Bertz CT molecular complexity index is 1470. The maximum absolute atomic E-state index is 15.0. The Morgan fingerprint density at radius 2 is 2.15 bits per heavy atom. The third-order valence-electron chi connectivity index (χ3n) is 5.79. The number of hydrogen-bond donors (Lipinski definition) is 3. The first-order chi connectivity index (χ1) is 19.1. The highest BCUT2D eigenvalue weighted by Gasteiger charge is 2.35. The number of ether oxygens (including phenoxy) is 1. The lowest BCUT2D eigenvalue weighted by atomic mass is 10.0. The largest absolute Gasteiger partial charge is 0.486 e. The van der Waals surface area contributed by atoms with E-state index in [0.717, 1.165) is 0 Å². The minimum absolute atomic E-state index is 0.00331. The molecule has 3 aromatic rings. The summed E-state index contributed by atoms with van der Waals surface area (Å²) in [6.07, 6.45) is 2.22. The van der Waals surface area contributed by atoms with Crippen LogP contribution in [0, 0.1) is 18.3 Å². The van der Waals surface area contributed by atoms with Crippen LogP contribution in [-0.2, 0) is 0 Å². The number of likely N-dealkylation sites (tertiary alicyclic amines) is 1. The first-order valence-electron chi connectivity index (χ1n) is 12.5. The second-order valence-electron chi connectivity index (χ2n) is 10.1. The molecule has 3 heterocycles. The lowest BCUT2D eigenvalue weighted by Gasteiger charge is -2.34. The van der Waals surface area contributed by atoms with Gasteiger partial charge < -0.3 is 20.7 Å². The van der Waals surface area contributed by atoms with Gasteiger partial charge >= 0.3 is 0 Å². The number of aryl methyl sites for hydroxylation is 1. The van der Waals surface area contributed by atoms with Crippen LogP contribution in [0.4, 0.5) is 10.3 Å². The topological polar surface area (TPSA) is 184 Å². The third-order valence-corrected chi connectivity index (χ3v) is 5.79. The highest BCUT2D eigenvalue weighted by molar-refractivity contribution is 5.90. The maximum atomic E-state index is 15.0. The molecule has 1 amide bonds. The fourth-order valence-electron chi connectivity index (χ4n) is 3.81. The lowest BCUT2D eigenvalue weighted by molar-refractivity contribution is 0.0195. The number of benzene rings is 1. The number of amides is 1. The number of anilines is 1. The molecule has 14 heteroatoms. The predicted octanol–water partition coefficient (Wildman–Crippen LogP) is 2.55. The molecule has 1 fully saturated rings. The van der Waals surface area contributed by atoms with Gasteiger partial charge in [0.25, 0.3) is 5.91 Å². The van der Waals surface area contributed by atoms with E-state index in [9.17, 15) is 10.1 Å². The van der Waals surface area contributed by atoms with Crippen molar-refractivity contribution in [2.75, 3.05) is 18.4 Å². The minimum atomic E-state index is -1.47. The quantitative estimate of drug-likeness (QED) is 0.371. The Balaban J connectivity index is 1.44. The van der Waals surface area contributed by atoms with Crippen molar-refractivity contribution >= 4 is 18.1 Å². The van der Waals surface area contributed by atoms with Gasteiger partial charge in [0, 0.05) is 30.9 Å². The fraction of sp³-hybridized carbons (Fsp3) is 0.385. The molecule has 0 aliphatic carbocycles. The molecule has 4 rings (SSSR count). The number of nitriles is 1. The van der Waals surface area contributed by atoms with Crippen LogP contribution in [0.5, 0.6) is 5.75 Å². The van der Waals surface area contributed by atoms with Gasteiger partial charge in [-0.25, -0.2) is 19.3 Å². The standard InChI is InChI=1S/C26H30FN11O2/c1-15-33-23(37-36-15)24(39)38-8-7-21(19(27)13-38)40-20-6-5-16(9-17(20)10-28)22-30-14-31-25(35-22)34-18(11-29)12-32-26(2,3)4/h5-6,9,11-12,14,19,21H,7-8,13,29H2,1-4H3,(H,33,36,37)(H,30,31,34,35)/t19-,21+/m1/s1.